The Morgan fingerprint density at radius 2 is 1.71 bits per heavy atom. The van der Waals surface area contributed by atoms with Gasteiger partial charge < -0.3 is 9.72 Å². The molecule has 140 valence electrons. The molecule has 0 aliphatic rings. The average Bonchev–Trinajstić information content (AvgIpc) is 3.04. The zero-order valence-electron chi connectivity index (χ0n) is 14.5. The quantitative estimate of drug-likeness (QED) is 0.520. The van der Waals surface area contributed by atoms with E-state index in [4.69, 9.17) is 11.6 Å². The third kappa shape index (κ3) is 3.46. The number of pyridine rings is 1. The van der Waals surface area contributed by atoms with Gasteiger partial charge in [0, 0.05) is 16.8 Å². The topological polar surface area (TPSA) is 46.4 Å². The summed E-state index contributed by atoms with van der Waals surface area (Å²) in [6.45, 7) is 0. The van der Waals surface area contributed by atoms with E-state index in [-0.39, 0.29) is 6.42 Å². The van der Waals surface area contributed by atoms with E-state index in [1.165, 1.54) is 6.07 Å². The summed E-state index contributed by atoms with van der Waals surface area (Å²) in [5, 5.41) is 2.90. The molecule has 28 heavy (non-hydrogen) atoms. The molecule has 2 aromatic heterocycles. The van der Waals surface area contributed by atoms with Crippen LogP contribution in [0.1, 0.15) is 5.69 Å². The highest BCUT2D eigenvalue weighted by atomic mass is 35.5. The minimum atomic E-state index is -0.829. The first-order chi connectivity index (χ1) is 13.5. The lowest BCUT2D eigenvalue weighted by Gasteiger charge is -2.09. The zero-order valence-corrected chi connectivity index (χ0v) is 15.3. The number of carbonyl (C=O) groups is 1. The molecular formula is C21H14ClF2N3O. The van der Waals surface area contributed by atoms with E-state index < -0.39 is 23.2 Å². The Hall–Kier alpha value is -3.25. The van der Waals surface area contributed by atoms with Gasteiger partial charge in [0.15, 0.2) is 0 Å². The number of para-hydroxylation sites is 1. The Morgan fingerprint density at radius 1 is 1.00 bits per heavy atom. The van der Waals surface area contributed by atoms with E-state index in [0.717, 1.165) is 17.7 Å². The number of nitrogens with one attached hydrogen (secondary N) is 1. The van der Waals surface area contributed by atoms with Crippen molar-refractivity contribution in [2.45, 2.75) is 6.42 Å². The number of halogens is 3. The maximum Gasteiger partial charge on any atom is 0.230 e. The van der Waals surface area contributed by atoms with Crippen molar-refractivity contribution in [2.75, 3.05) is 5.32 Å². The van der Waals surface area contributed by atoms with Gasteiger partial charge in [0.2, 0.25) is 5.91 Å². The highest BCUT2D eigenvalue weighted by molar-refractivity contribution is 6.30. The predicted octanol–water partition coefficient (Wildman–Crippen LogP) is 5.11. The second-order valence-corrected chi connectivity index (χ2v) is 6.60. The van der Waals surface area contributed by atoms with Gasteiger partial charge in [-0.1, -0.05) is 35.9 Å². The summed E-state index contributed by atoms with van der Waals surface area (Å²) in [5.41, 5.74) is 2.19. The summed E-state index contributed by atoms with van der Waals surface area (Å²) >= 11 is 5.96. The lowest BCUT2D eigenvalue weighted by molar-refractivity contribution is -0.115. The number of benzene rings is 2. The Labute approximate surface area is 164 Å². The molecule has 4 rings (SSSR count). The van der Waals surface area contributed by atoms with Crippen LogP contribution in [0.15, 0.2) is 66.9 Å². The fourth-order valence-electron chi connectivity index (χ4n) is 3.01. The van der Waals surface area contributed by atoms with Crippen LogP contribution in [0.4, 0.5) is 14.5 Å². The predicted molar refractivity (Wildman–Crippen MR) is 104 cm³/mol. The minimum Gasteiger partial charge on any atom is -0.321 e. The second-order valence-electron chi connectivity index (χ2n) is 6.16. The van der Waals surface area contributed by atoms with Crippen LogP contribution in [0.5, 0.6) is 0 Å². The lowest BCUT2D eigenvalue weighted by Crippen LogP contribution is -2.17. The molecule has 2 heterocycles. The normalized spacial score (nSPS) is 11.0. The molecular weight excluding hydrogens is 384 g/mol. The molecule has 0 aliphatic carbocycles. The summed E-state index contributed by atoms with van der Waals surface area (Å²) in [5.74, 6) is -2.21. The Bertz CT molecular complexity index is 1150. The van der Waals surface area contributed by atoms with Gasteiger partial charge >= 0.3 is 0 Å². The number of aromatic nitrogens is 2. The van der Waals surface area contributed by atoms with Crippen molar-refractivity contribution in [1.29, 1.82) is 0 Å². The SMILES string of the molecule is O=C(Cc1c(-c2ccc(Cl)cc2)nc2ccccn12)Nc1c(F)cccc1F. The molecule has 1 N–H and O–H groups in total. The second kappa shape index (κ2) is 7.40. The van der Waals surface area contributed by atoms with Gasteiger partial charge in [-0.15, -0.1) is 0 Å². The summed E-state index contributed by atoms with van der Waals surface area (Å²) in [6, 6.07) is 16.0. The van der Waals surface area contributed by atoms with Crippen LogP contribution >= 0.6 is 11.6 Å². The summed E-state index contributed by atoms with van der Waals surface area (Å²) in [6.07, 6.45) is 1.67. The molecule has 0 radical (unpaired) electrons. The van der Waals surface area contributed by atoms with E-state index in [2.05, 4.69) is 10.3 Å². The smallest absolute Gasteiger partial charge is 0.230 e. The number of imidazole rings is 1. The van der Waals surface area contributed by atoms with Crippen molar-refractivity contribution in [2.24, 2.45) is 0 Å². The van der Waals surface area contributed by atoms with Crippen molar-refractivity contribution in [3.63, 3.8) is 0 Å². The largest absolute Gasteiger partial charge is 0.321 e. The minimum absolute atomic E-state index is 0.114. The van der Waals surface area contributed by atoms with Crippen LogP contribution < -0.4 is 5.32 Å². The molecule has 0 unspecified atom stereocenters. The maximum atomic E-state index is 13.8. The first-order valence-corrected chi connectivity index (χ1v) is 8.86. The molecule has 4 nitrogen and oxygen atoms in total. The molecule has 0 bridgehead atoms. The monoisotopic (exact) mass is 397 g/mol. The summed E-state index contributed by atoms with van der Waals surface area (Å²) in [4.78, 5) is 17.2. The molecule has 1 amide bonds. The number of nitrogens with zero attached hydrogens (tertiary/aromatic N) is 2. The fraction of sp³-hybridized carbons (Fsp3) is 0.0476. The first-order valence-electron chi connectivity index (χ1n) is 8.48. The number of hydrogen-bond donors (Lipinski definition) is 1. The van der Waals surface area contributed by atoms with Gasteiger partial charge in [0.1, 0.15) is 23.0 Å². The van der Waals surface area contributed by atoms with Crippen LogP contribution in [-0.2, 0) is 11.2 Å². The number of anilines is 1. The van der Waals surface area contributed by atoms with Crippen molar-refractivity contribution >= 4 is 28.8 Å². The number of fused-ring (bicyclic) bond motifs is 1. The average molecular weight is 398 g/mol. The molecule has 0 aliphatic heterocycles. The third-order valence-corrected chi connectivity index (χ3v) is 4.55. The van der Waals surface area contributed by atoms with Crippen LogP contribution in [0, 0.1) is 11.6 Å². The number of rotatable bonds is 4. The molecule has 0 fully saturated rings. The molecule has 0 saturated carbocycles. The summed E-state index contributed by atoms with van der Waals surface area (Å²) in [7, 11) is 0. The number of hydrogen-bond acceptors (Lipinski definition) is 2. The van der Waals surface area contributed by atoms with Crippen molar-refractivity contribution in [3.05, 3.63) is 89.2 Å². The molecule has 2 aromatic carbocycles. The molecule has 7 heteroatoms. The standard InChI is InChI=1S/C21H14ClF2N3O/c22-14-9-7-13(8-10-14)20-17(27-11-2-1-6-18(27)25-20)12-19(28)26-21-15(23)4-3-5-16(21)24/h1-11H,12H2,(H,26,28). The summed E-state index contributed by atoms with van der Waals surface area (Å²) < 4.78 is 29.5. The van der Waals surface area contributed by atoms with Gasteiger partial charge in [-0.3, -0.25) is 4.79 Å². The van der Waals surface area contributed by atoms with Gasteiger partial charge in [0.05, 0.1) is 17.8 Å². The van der Waals surface area contributed by atoms with Crippen LogP contribution in [0.25, 0.3) is 16.9 Å². The van der Waals surface area contributed by atoms with Crippen molar-refractivity contribution in [3.8, 4) is 11.3 Å². The molecule has 4 aromatic rings. The molecule has 0 saturated heterocycles. The van der Waals surface area contributed by atoms with Gasteiger partial charge in [-0.2, -0.15) is 0 Å². The van der Waals surface area contributed by atoms with Crippen LogP contribution in [-0.4, -0.2) is 15.3 Å². The lowest BCUT2D eigenvalue weighted by atomic mass is 10.1. The van der Waals surface area contributed by atoms with E-state index in [1.54, 1.807) is 22.7 Å². The highest BCUT2D eigenvalue weighted by Gasteiger charge is 2.19. The fourth-order valence-corrected chi connectivity index (χ4v) is 3.13. The Morgan fingerprint density at radius 3 is 2.43 bits per heavy atom. The van der Waals surface area contributed by atoms with E-state index >= 15 is 0 Å². The van der Waals surface area contributed by atoms with Crippen LogP contribution in [0.2, 0.25) is 5.02 Å². The zero-order chi connectivity index (χ0) is 19.7. The highest BCUT2D eigenvalue weighted by Crippen LogP contribution is 2.27. The molecule has 0 atom stereocenters. The van der Waals surface area contributed by atoms with Crippen LogP contribution in [0.3, 0.4) is 0 Å². The van der Waals surface area contributed by atoms with E-state index in [1.807, 2.05) is 30.3 Å². The van der Waals surface area contributed by atoms with Crippen molar-refractivity contribution < 1.29 is 13.6 Å². The van der Waals surface area contributed by atoms with E-state index in [0.29, 0.717) is 22.1 Å². The Kier molecular flexibility index (Phi) is 4.79. The van der Waals surface area contributed by atoms with Gasteiger partial charge in [-0.25, -0.2) is 13.8 Å². The first kappa shape index (κ1) is 18.1. The number of carbonyl (C=O) groups excluding carboxylic acids is 1. The maximum absolute atomic E-state index is 13.8. The number of amides is 1. The Balaban J connectivity index is 1.72. The molecule has 0 spiro atoms. The van der Waals surface area contributed by atoms with Crippen molar-refractivity contribution in [1.82, 2.24) is 9.38 Å². The van der Waals surface area contributed by atoms with E-state index in [9.17, 15) is 13.6 Å². The van der Waals surface area contributed by atoms with Gasteiger partial charge in [0.25, 0.3) is 0 Å². The third-order valence-electron chi connectivity index (χ3n) is 4.30. The van der Waals surface area contributed by atoms with Gasteiger partial charge in [-0.05, 0) is 36.4 Å².